The van der Waals surface area contributed by atoms with Gasteiger partial charge in [-0.15, -0.1) is 0 Å². The maximum absolute atomic E-state index is 12.2. The average molecular weight is 286 g/mol. The number of carbonyl (C=O) groups is 1. The summed E-state index contributed by atoms with van der Waals surface area (Å²) in [5.41, 5.74) is 3.40. The molecule has 0 spiro atoms. The average Bonchev–Trinajstić information content (AvgIpc) is 2.88. The zero-order chi connectivity index (χ0) is 15.0. The Bertz CT molecular complexity index is 546. The van der Waals surface area contributed by atoms with Crippen LogP contribution in [0.4, 0.5) is 0 Å². The van der Waals surface area contributed by atoms with E-state index in [1.807, 2.05) is 6.92 Å². The minimum absolute atomic E-state index is 0.0158. The fourth-order valence-electron chi connectivity index (χ4n) is 3.67. The first kappa shape index (κ1) is 14.3. The largest absolute Gasteiger partial charge is 0.469 e. The minimum atomic E-state index is -0.176. The first-order chi connectivity index (χ1) is 10.1. The van der Waals surface area contributed by atoms with Gasteiger partial charge in [-0.05, 0) is 37.3 Å². The summed E-state index contributed by atoms with van der Waals surface area (Å²) in [6, 6.07) is 8.41. The van der Waals surface area contributed by atoms with E-state index in [4.69, 9.17) is 9.47 Å². The van der Waals surface area contributed by atoms with Gasteiger partial charge >= 0.3 is 5.97 Å². The fraction of sp³-hybridized carbons (Fsp3) is 0.500. The third kappa shape index (κ3) is 2.62. The van der Waals surface area contributed by atoms with Gasteiger partial charge in [-0.2, -0.15) is 0 Å². The standard InChI is InChI=1S/C18H22O3/c1-11(2)12-4-6-13(7-5-12)15-10-14-8-9-16(21-14)17(15)18(19)20-3/h4-7,14-17H,1,8-10H2,2-3H3. The molecule has 0 saturated carbocycles. The van der Waals surface area contributed by atoms with Crippen molar-refractivity contribution >= 4 is 11.5 Å². The van der Waals surface area contributed by atoms with Crippen LogP contribution in [0.3, 0.4) is 0 Å². The Kier molecular flexibility index (Phi) is 3.85. The number of carbonyl (C=O) groups excluding carboxylic acids is 1. The summed E-state index contributed by atoms with van der Waals surface area (Å²) < 4.78 is 11.0. The smallest absolute Gasteiger partial charge is 0.311 e. The molecular formula is C18H22O3. The molecule has 2 heterocycles. The van der Waals surface area contributed by atoms with Gasteiger partial charge in [0.15, 0.2) is 0 Å². The molecule has 2 fully saturated rings. The van der Waals surface area contributed by atoms with Crippen LogP contribution in [-0.2, 0) is 14.3 Å². The van der Waals surface area contributed by atoms with Crippen molar-refractivity contribution in [1.29, 1.82) is 0 Å². The number of ether oxygens (including phenoxy) is 2. The van der Waals surface area contributed by atoms with Gasteiger partial charge in [-0.1, -0.05) is 36.4 Å². The van der Waals surface area contributed by atoms with E-state index >= 15 is 0 Å². The first-order valence-corrected chi connectivity index (χ1v) is 7.59. The van der Waals surface area contributed by atoms with E-state index in [0.29, 0.717) is 6.10 Å². The molecule has 3 rings (SSSR count). The van der Waals surface area contributed by atoms with Gasteiger partial charge in [0.05, 0.1) is 25.2 Å². The molecule has 4 atom stereocenters. The van der Waals surface area contributed by atoms with E-state index in [-0.39, 0.29) is 23.9 Å². The van der Waals surface area contributed by atoms with E-state index in [1.165, 1.54) is 12.7 Å². The Morgan fingerprint density at radius 1 is 1.29 bits per heavy atom. The molecule has 112 valence electrons. The van der Waals surface area contributed by atoms with E-state index < -0.39 is 0 Å². The zero-order valence-electron chi connectivity index (χ0n) is 12.7. The number of hydrogen-bond donors (Lipinski definition) is 0. The van der Waals surface area contributed by atoms with E-state index in [0.717, 1.165) is 30.4 Å². The van der Waals surface area contributed by atoms with Crippen LogP contribution < -0.4 is 0 Å². The second-order valence-corrected chi connectivity index (χ2v) is 6.17. The summed E-state index contributed by atoms with van der Waals surface area (Å²) in [4.78, 5) is 12.2. The van der Waals surface area contributed by atoms with Crippen molar-refractivity contribution in [3.63, 3.8) is 0 Å². The zero-order valence-corrected chi connectivity index (χ0v) is 12.7. The molecule has 3 heteroatoms. The number of rotatable bonds is 3. The highest BCUT2D eigenvalue weighted by atomic mass is 16.5. The lowest BCUT2D eigenvalue weighted by Crippen LogP contribution is -2.39. The SMILES string of the molecule is C=C(C)c1ccc(C2CC3CCC(O3)C2C(=O)OC)cc1. The summed E-state index contributed by atoms with van der Waals surface area (Å²) in [5.74, 6) is -0.123. The Hall–Kier alpha value is -1.61. The predicted molar refractivity (Wildman–Crippen MR) is 81.9 cm³/mol. The van der Waals surface area contributed by atoms with E-state index in [1.54, 1.807) is 0 Å². The molecule has 1 aromatic carbocycles. The molecule has 2 bridgehead atoms. The van der Waals surface area contributed by atoms with E-state index in [9.17, 15) is 4.79 Å². The quantitative estimate of drug-likeness (QED) is 0.797. The van der Waals surface area contributed by atoms with Crippen molar-refractivity contribution in [3.8, 4) is 0 Å². The molecule has 2 aliphatic rings. The molecule has 2 aliphatic heterocycles. The monoisotopic (exact) mass is 286 g/mol. The molecule has 0 N–H and O–H groups in total. The maximum atomic E-state index is 12.2. The lowest BCUT2D eigenvalue weighted by atomic mass is 9.79. The van der Waals surface area contributed by atoms with Crippen LogP contribution in [0.5, 0.6) is 0 Å². The molecule has 0 aliphatic carbocycles. The van der Waals surface area contributed by atoms with Crippen LogP contribution in [0.2, 0.25) is 0 Å². The first-order valence-electron chi connectivity index (χ1n) is 7.59. The lowest BCUT2D eigenvalue weighted by molar-refractivity contribution is -0.156. The van der Waals surface area contributed by atoms with Crippen molar-refractivity contribution in [1.82, 2.24) is 0 Å². The van der Waals surface area contributed by atoms with Crippen LogP contribution in [0, 0.1) is 5.92 Å². The van der Waals surface area contributed by atoms with Gasteiger partial charge in [0.25, 0.3) is 0 Å². The molecule has 1 aromatic rings. The van der Waals surface area contributed by atoms with Gasteiger partial charge in [-0.3, -0.25) is 4.79 Å². The Morgan fingerprint density at radius 2 is 2.00 bits per heavy atom. The normalized spacial score (nSPS) is 31.0. The van der Waals surface area contributed by atoms with Crippen LogP contribution >= 0.6 is 0 Å². The van der Waals surface area contributed by atoms with Crippen molar-refractivity contribution in [3.05, 3.63) is 42.0 Å². The second-order valence-electron chi connectivity index (χ2n) is 6.17. The number of esters is 1. The molecule has 3 nitrogen and oxygen atoms in total. The van der Waals surface area contributed by atoms with Crippen molar-refractivity contribution in [2.75, 3.05) is 7.11 Å². The molecule has 0 amide bonds. The van der Waals surface area contributed by atoms with Crippen molar-refractivity contribution in [2.45, 2.75) is 44.3 Å². The summed E-state index contributed by atoms with van der Waals surface area (Å²) in [6.45, 7) is 5.96. The van der Waals surface area contributed by atoms with Crippen molar-refractivity contribution in [2.24, 2.45) is 5.92 Å². The van der Waals surface area contributed by atoms with Gasteiger partial charge in [-0.25, -0.2) is 0 Å². The number of methoxy groups -OCH3 is 1. The van der Waals surface area contributed by atoms with Crippen LogP contribution in [-0.4, -0.2) is 25.3 Å². The Balaban J connectivity index is 1.90. The Labute approximate surface area is 125 Å². The summed E-state index contributed by atoms with van der Waals surface area (Å²) in [7, 11) is 1.46. The minimum Gasteiger partial charge on any atom is -0.469 e. The number of fused-ring (bicyclic) bond motifs is 2. The third-order valence-corrected chi connectivity index (χ3v) is 4.80. The molecule has 4 unspecified atom stereocenters. The van der Waals surface area contributed by atoms with Gasteiger partial charge in [0, 0.05) is 5.92 Å². The maximum Gasteiger partial charge on any atom is 0.311 e. The van der Waals surface area contributed by atoms with Gasteiger partial charge in [0.2, 0.25) is 0 Å². The second kappa shape index (κ2) is 5.64. The number of benzene rings is 1. The van der Waals surface area contributed by atoms with Gasteiger partial charge < -0.3 is 9.47 Å². The fourth-order valence-corrected chi connectivity index (χ4v) is 3.67. The molecule has 0 radical (unpaired) electrons. The third-order valence-electron chi connectivity index (χ3n) is 4.80. The number of allylic oxidation sites excluding steroid dienone is 1. The van der Waals surface area contributed by atoms with Crippen LogP contribution in [0.25, 0.3) is 5.57 Å². The summed E-state index contributed by atoms with van der Waals surface area (Å²) in [5, 5.41) is 0. The van der Waals surface area contributed by atoms with E-state index in [2.05, 4.69) is 30.8 Å². The molecule has 0 aromatic heterocycles. The highest BCUT2D eigenvalue weighted by molar-refractivity contribution is 5.75. The summed E-state index contributed by atoms with van der Waals surface area (Å²) >= 11 is 0. The Morgan fingerprint density at radius 3 is 2.62 bits per heavy atom. The molecule has 21 heavy (non-hydrogen) atoms. The molecular weight excluding hydrogens is 264 g/mol. The summed E-state index contributed by atoms with van der Waals surface area (Å²) in [6.07, 6.45) is 3.23. The van der Waals surface area contributed by atoms with Crippen molar-refractivity contribution < 1.29 is 14.3 Å². The molecule has 2 saturated heterocycles. The van der Waals surface area contributed by atoms with Crippen LogP contribution in [0.1, 0.15) is 43.2 Å². The number of hydrogen-bond acceptors (Lipinski definition) is 3. The van der Waals surface area contributed by atoms with Crippen LogP contribution in [0.15, 0.2) is 30.8 Å². The predicted octanol–water partition coefficient (Wildman–Crippen LogP) is 3.54. The highest BCUT2D eigenvalue weighted by Crippen LogP contribution is 2.45. The topological polar surface area (TPSA) is 35.5 Å². The lowest BCUT2D eigenvalue weighted by Gasteiger charge is -2.35. The highest BCUT2D eigenvalue weighted by Gasteiger charge is 2.47. The van der Waals surface area contributed by atoms with Gasteiger partial charge in [0.1, 0.15) is 0 Å².